The third kappa shape index (κ3) is 5.44. The van der Waals surface area contributed by atoms with Crippen LogP contribution in [0.1, 0.15) is 29.5 Å². The third-order valence-corrected chi connectivity index (χ3v) is 6.71. The van der Waals surface area contributed by atoms with Crippen molar-refractivity contribution in [3.05, 3.63) is 65.4 Å². The number of nitrogens with zero attached hydrogens (tertiary/aromatic N) is 4. The van der Waals surface area contributed by atoms with Gasteiger partial charge in [0, 0.05) is 31.2 Å². The molecule has 8 heteroatoms. The van der Waals surface area contributed by atoms with Crippen molar-refractivity contribution in [1.29, 1.82) is 0 Å². The van der Waals surface area contributed by atoms with Gasteiger partial charge in [0.2, 0.25) is 5.95 Å². The number of anilines is 4. The third-order valence-electron chi connectivity index (χ3n) is 6.71. The molecule has 0 spiro atoms. The van der Waals surface area contributed by atoms with Gasteiger partial charge < -0.3 is 21.3 Å². The molecule has 0 atom stereocenters. The van der Waals surface area contributed by atoms with Gasteiger partial charge in [0.05, 0.1) is 5.39 Å². The smallest absolute Gasteiger partial charge is 0.229 e. The summed E-state index contributed by atoms with van der Waals surface area (Å²) in [4.78, 5) is 9.33. The van der Waals surface area contributed by atoms with Crippen LogP contribution in [0.3, 0.4) is 0 Å². The summed E-state index contributed by atoms with van der Waals surface area (Å²) < 4.78 is 1.79. The lowest BCUT2D eigenvalue weighted by atomic mass is 9.98. The first kappa shape index (κ1) is 23.3. The molecule has 0 unspecified atom stereocenters. The van der Waals surface area contributed by atoms with Gasteiger partial charge in [0.15, 0.2) is 11.5 Å². The number of aromatic nitrogens is 4. The summed E-state index contributed by atoms with van der Waals surface area (Å²) in [7, 11) is 1.91. The van der Waals surface area contributed by atoms with E-state index in [-0.39, 0.29) is 0 Å². The quantitative estimate of drug-likeness (QED) is 0.300. The van der Waals surface area contributed by atoms with E-state index in [4.69, 9.17) is 4.98 Å². The second-order valence-corrected chi connectivity index (χ2v) is 9.44. The Balaban J connectivity index is 1.28. The van der Waals surface area contributed by atoms with Gasteiger partial charge in [-0.3, -0.25) is 0 Å². The molecule has 182 valence electrons. The molecule has 1 aliphatic rings. The first-order chi connectivity index (χ1) is 17.1. The summed E-state index contributed by atoms with van der Waals surface area (Å²) in [6.45, 7) is 8.38. The van der Waals surface area contributed by atoms with Crippen molar-refractivity contribution in [3.63, 3.8) is 0 Å². The van der Waals surface area contributed by atoms with Gasteiger partial charge in [-0.05, 0) is 81.1 Å². The monoisotopic (exact) mass is 470 g/mol. The molecule has 35 heavy (non-hydrogen) atoms. The molecule has 5 rings (SSSR count). The Morgan fingerprint density at radius 1 is 1.03 bits per heavy atom. The molecular formula is C27H34N8. The van der Waals surface area contributed by atoms with Gasteiger partial charge >= 0.3 is 0 Å². The fraction of sp³-hybridized carbons (Fsp3) is 0.370. The van der Waals surface area contributed by atoms with Crippen molar-refractivity contribution in [1.82, 2.24) is 30.4 Å². The molecule has 2 aromatic heterocycles. The van der Waals surface area contributed by atoms with Gasteiger partial charge in [0.25, 0.3) is 0 Å². The molecule has 0 radical (unpaired) electrons. The van der Waals surface area contributed by atoms with Crippen molar-refractivity contribution < 1.29 is 0 Å². The average Bonchev–Trinajstić information content (AvgIpc) is 3.17. The predicted molar refractivity (Wildman–Crippen MR) is 143 cm³/mol. The average molecular weight is 471 g/mol. The number of benzene rings is 2. The Kier molecular flexibility index (Phi) is 6.92. The normalized spacial score (nSPS) is 14.4. The van der Waals surface area contributed by atoms with Crippen LogP contribution in [-0.4, -0.2) is 39.4 Å². The fourth-order valence-corrected chi connectivity index (χ4v) is 4.71. The van der Waals surface area contributed by atoms with E-state index in [0.717, 1.165) is 60.3 Å². The molecule has 1 fully saturated rings. The summed E-state index contributed by atoms with van der Waals surface area (Å²) in [5, 5.41) is 19.4. The summed E-state index contributed by atoms with van der Waals surface area (Å²) in [6.07, 6.45) is 4.34. The summed E-state index contributed by atoms with van der Waals surface area (Å²) in [6, 6.07) is 14.7. The van der Waals surface area contributed by atoms with Crippen LogP contribution in [0, 0.1) is 19.8 Å². The second kappa shape index (κ2) is 10.4. The van der Waals surface area contributed by atoms with Crippen molar-refractivity contribution in [2.24, 2.45) is 13.0 Å². The minimum absolute atomic E-state index is 0.555. The number of rotatable bonds is 8. The molecule has 0 aliphatic carbocycles. The Bertz CT molecular complexity index is 1290. The maximum atomic E-state index is 4.75. The number of fused-ring (bicyclic) bond motifs is 1. The van der Waals surface area contributed by atoms with Crippen LogP contribution >= 0.6 is 0 Å². The fourth-order valence-electron chi connectivity index (χ4n) is 4.71. The van der Waals surface area contributed by atoms with Crippen molar-refractivity contribution >= 4 is 34.2 Å². The first-order valence-electron chi connectivity index (χ1n) is 12.4. The molecule has 0 amide bonds. The van der Waals surface area contributed by atoms with Gasteiger partial charge in [0.1, 0.15) is 0 Å². The number of hydrogen-bond donors (Lipinski definition) is 4. The molecule has 4 aromatic rings. The van der Waals surface area contributed by atoms with Crippen LogP contribution in [-0.2, 0) is 13.6 Å². The Hall–Kier alpha value is -3.49. The molecule has 1 aliphatic heterocycles. The zero-order valence-electron chi connectivity index (χ0n) is 20.7. The first-order valence-corrected chi connectivity index (χ1v) is 12.4. The van der Waals surface area contributed by atoms with E-state index in [1.54, 1.807) is 4.68 Å². The van der Waals surface area contributed by atoms with Crippen LogP contribution in [0.2, 0.25) is 0 Å². The second-order valence-electron chi connectivity index (χ2n) is 9.44. The van der Waals surface area contributed by atoms with Crippen LogP contribution < -0.4 is 21.3 Å². The summed E-state index contributed by atoms with van der Waals surface area (Å²) in [5.74, 6) is 2.08. The highest BCUT2D eigenvalue weighted by Gasteiger charge is 2.14. The van der Waals surface area contributed by atoms with E-state index in [0.29, 0.717) is 5.95 Å². The zero-order chi connectivity index (χ0) is 24.2. The topological polar surface area (TPSA) is 91.7 Å². The number of piperidine rings is 1. The van der Waals surface area contributed by atoms with Crippen molar-refractivity contribution in [2.75, 3.05) is 30.3 Å². The highest BCUT2D eigenvalue weighted by Crippen LogP contribution is 2.28. The van der Waals surface area contributed by atoms with E-state index >= 15 is 0 Å². The Morgan fingerprint density at radius 2 is 1.80 bits per heavy atom. The standard InChI is InChI=1S/C27H34N8/c1-18-6-4-7-19(2)24(18)32-25-23-17-30-27(33-26(23)35(3)34-25)31-22-9-5-8-21(14-22)16-29-15-20-10-12-28-13-11-20/h4-9,14,17,20,28-29H,10-13,15-16H2,1-3H3,(H,32,34)(H,30,31,33). The van der Waals surface area contributed by atoms with Crippen LogP contribution in [0.5, 0.6) is 0 Å². The minimum Gasteiger partial charge on any atom is -0.338 e. The number of nitrogens with one attached hydrogen (secondary N) is 4. The lowest BCUT2D eigenvalue weighted by molar-refractivity contribution is 0.356. The van der Waals surface area contributed by atoms with Crippen molar-refractivity contribution in [2.45, 2.75) is 33.2 Å². The van der Waals surface area contributed by atoms with Gasteiger partial charge in [-0.25, -0.2) is 9.67 Å². The van der Waals surface area contributed by atoms with Gasteiger partial charge in [-0.1, -0.05) is 30.3 Å². The molecule has 8 nitrogen and oxygen atoms in total. The lowest BCUT2D eigenvalue weighted by Crippen LogP contribution is -2.33. The molecule has 3 heterocycles. The molecule has 0 saturated carbocycles. The molecule has 1 saturated heterocycles. The molecular weight excluding hydrogens is 436 g/mol. The Labute approximate surface area is 206 Å². The summed E-state index contributed by atoms with van der Waals surface area (Å²) in [5.41, 5.74) is 6.41. The molecule has 4 N–H and O–H groups in total. The lowest BCUT2D eigenvalue weighted by Gasteiger charge is -2.22. The molecule has 0 bridgehead atoms. The van der Waals surface area contributed by atoms with E-state index in [1.165, 1.54) is 29.5 Å². The minimum atomic E-state index is 0.555. The number of hydrogen-bond acceptors (Lipinski definition) is 7. The number of aryl methyl sites for hydroxylation is 3. The highest BCUT2D eigenvalue weighted by atomic mass is 15.3. The van der Waals surface area contributed by atoms with E-state index in [1.807, 2.05) is 19.3 Å². The zero-order valence-corrected chi connectivity index (χ0v) is 20.7. The summed E-state index contributed by atoms with van der Waals surface area (Å²) >= 11 is 0. The van der Waals surface area contributed by atoms with Gasteiger partial charge in [-0.15, -0.1) is 0 Å². The van der Waals surface area contributed by atoms with E-state index in [9.17, 15) is 0 Å². The maximum Gasteiger partial charge on any atom is 0.229 e. The molecule has 2 aromatic carbocycles. The Morgan fingerprint density at radius 3 is 2.60 bits per heavy atom. The largest absolute Gasteiger partial charge is 0.338 e. The predicted octanol–water partition coefficient (Wildman–Crippen LogP) is 4.56. The highest BCUT2D eigenvalue weighted by molar-refractivity contribution is 5.90. The number of para-hydroxylation sites is 1. The van der Waals surface area contributed by atoms with Crippen LogP contribution in [0.25, 0.3) is 11.0 Å². The van der Waals surface area contributed by atoms with Crippen molar-refractivity contribution in [3.8, 4) is 0 Å². The maximum absolute atomic E-state index is 4.75. The van der Waals surface area contributed by atoms with Crippen LogP contribution in [0.15, 0.2) is 48.7 Å². The van der Waals surface area contributed by atoms with Gasteiger partial charge in [-0.2, -0.15) is 10.1 Å². The van der Waals surface area contributed by atoms with Crippen LogP contribution in [0.4, 0.5) is 23.1 Å². The SMILES string of the molecule is Cc1cccc(C)c1Nc1nn(C)c2nc(Nc3cccc(CNCC4CCNCC4)c3)ncc12. The van der Waals surface area contributed by atoms with E-state index in [2.05, 4.69) is 81.6 Å². The van der Waals surface area contributed by atoms with E-state index < -0.39 is 0 Å².